The van der Waals surface area contributed by atoms with Crippen LogP contribution in [0.15, 0.2) is 18.2 Å². The number of hydrogen-bond donors (Lipinski definition) is 1. The van der Waals surface area contributed by atoms with E-state index in [2.05, 4.69) is 44.9 Å². The molecule has 0 bridgehead atoms. The Morgan fingerprint density at radius 3 is 2.55 bits per heavy atom. The lowest BCUT2D eigenvalue weighted by molar-refractivity contribution is 0.165. The van der Waals surface area contributed by atoms with Gasteiger partial charge in [-0.1, -0.05) is 19.9 Å². The first-order valence-electron chi connectivity index (χ1n) is 7.23. The molecule has 1 aliphatic heterocycles. The summed E-state index contributed by atoms with van der Waals surface area (Å²) in [5.41, 5.74) is 7.18. The molecule has 1 aromatic rings. The van der Waals surface area contributed by atoms with E-state index in [-0.39, 0.29) is 5.41 Å². The van der Waals surface area contributed by atoms with Gasteiger partial charge in [-0.15, -0.1) is 0 Å². The van der Waals surface area contributed by atoms with Crippen LogP contribution in [0.2, 0.25) is 0 Å². The van der Waals surface area contributed by atoms with Crippen LogP contribution in [0.25, 0.3) is 0 Å². The van der Waals surface area contributed by atoms with Crippen molar-refractivity contribution in [2.75, 3.05) is 33.4 Å². The summed E-state index contributed by atoms with van der Waals surface area (Å²) in [5.74, 6) is 1.70. The first-order valence-corrected chi connectivity index (χ1v) is 7.23. The minimum absolute atomic E-state index is 0.122. The van der Waals surface area contributed by atoms with Crippen LogP contribution in [0.5, 0.6) is 11.5 Å². The topological polar surface area (TPSA) is 47.7 Å². The van der Waals surface area contributed by atoms with Gasteiger partial charge in [0, 0.05) is 12.6 Å². The molecule has 0 aliphatic carbocycles. The molecular formula is C16H26N2O2. The Labute approximate surface area is 121 Å². The first kappa shape index (κ1) is 15.1. The number of nitrogens with two attached hydrogens (primary N) is 1. The molecule has 0 spiro atoms. The zero-order chi connectivity index (χ0) is 14.8. The third-order valence-corrected chi connectivity index (χ3v) is 3.94. The van der Waals surface area contributed by atoms with Crippen LogP contribution in [-0.4, -0.2) is 38.3 Å². The number of rotatable bonds is 5. The molecule has 20 heavy (non-hydrogen) atoms. The largest absolute Gasteiger partial charge is 0.486 e. The second-order valence-electron chi connectivity index (χ2n) is 6.36. The predicted molar refractivity (Wildman–Crippen MR) is 81.3 cm³/mol. The molecule has 2 rings (SSSR count). The molecule has 112 valence electrons. The first-order chi connectivity index (χ1) is 9.43. The van der Waals surface area contributed by atoms with Gasteiger partial charge in [-0.05, 0) is 43.6 Å². The van der Waals surface area contributed by atoms with Gasteiger partial charge < -0.3 is 15.2 Å². The number of nitrogens with zero attached hydrogens (tertiary/aromatic N) is 1. The van der Waals surface area contributed by atoms with E-state index < -0.39 is 0 Å². The van der Waals surface area contributed by atoms with Gasteiger partial charge in [0.25, 0.3) is 0 Å². The highest BCUT2D eigenvalue weighted by Crippen LogP contribution is 2.34. The van der Waals surface area contributed by atoms with E-state index in [0.717, 1.165) is 18.0 Å². The predicted octanol–water partition coefficient (Wildman–Crippen LogP) is 2.44. The molecule has 1 unspecified atom stereocenters. The molecule has 4 nitrogen and oxygen atoms in total. The maximum atomic E-state index is 5.82. The Hall–Kier alpha value is -1.26. The molecule has 2 N–H and O–H groups in total. The molecule has 1 heterocycles. The van der Waals surface area contributed by atoms with Crippen molar-refractivity contribution in [1.82, 2.24) is 4.90 Å². The quantitative estimate of drug-likeness (QED) is 0.898. The number of fused-ring (bicyclic) bond motifs is 1. The Kier molecular flexibility index (Phi) is 4.55. The summed E-state index contributed by atoms with van der Waals surface area (Å²) in [4.78, 5) is 2.33. The van der Waals surface area contributed by atoms with Gasteiger partial charge in [-0.25, -0.2) is 0 Å². The molecule has 0 saturated carbocycles. The van der Waals surface area contributed by atoms with Crippen molar-refractivity contribution in [2.24, 2.45) is 11.1 Å². The summed E-state index contributed by atoms with van der Waals surface area (Å²) in [6.07, 6.45) is 0. The molecule has 0 fully saturated rings. The fraction of sp³-hybridized carbons (Fsp3) is 0.625. The van der Waals surface area contributed by atoms with E-state index in [4.69, 9.17) is 15.2 Å². The van der Waals surface area contributed by atoms with Crippen LogP contribution >= 0.6 is 0 Å². The Balaban J connectivity index is 2.10. The highest BCUT2D eigenvalue weighted by atomic mass is 16.6. The Bertz CT molecular complexity index is 460. The minimum Gasteiger partial charge on any atom is -0.486 e. The number of hydrogen-bond acceptors (Lipinski definition) is 4. The van der Waals surface area contributed by atoms with Crippen LogP contribution in [0, 0.1) is 5.41 Å². The second-order valence-corrected chi connectivity index (χ2v) is 6.36. The number of benzene rings is 1. The summed E-state index contributed by atoms with van der Waals surface area (Å²) < 4.78 is 11.2. The summed E-state index contributed by atoms with van der Waals surface area (Å²) in [5, 5.41) is 0. The van der Waals surface area contributed by atoms with E-state index in [1.54, 1.807) is 0 Å². The second kappa shape index (κ2) is 6.02. The van der Waals surface area contributed by atoms with Crippen molar-refractivity contribution in [3.05, 3.63) is 23.8 Å². The molecule has 0 aromatic heterocycles. The standard InChI is InChI=1S/C16H26N2O2/c1-12(18(4)11-16(2,3)10-17)13-5-6-14-15(9-13)20-8-7-19-14/h5-6,9,12H,7-8,10-11,17H2,1-4H3. The Morgan fingerprint density at radius 2 is 1.90 bits per heavy atom. The maximum Gasteiger partial charge on any atom is 0.161 e. The number of ether oxygens (including phenoxy) is 2. The highest BCUT2D eigenvalue weighted by Gasteiger charge is 2.23. The summed E-state index contributed by atoms with van der Waals surface area (Å²) in [6, 6.07) is 6.52. The molecule has 1 aliphatic rings. The lowest BCUT2D eigenvalue weighted by Crippen LogP contribution is -2.37. The van der Waals surface area contributed by atoms with Crippen LogP contribution < -0.4 is 15.2 Å². The molecule has 1 atom stereocenters. The van der Waals surface area contributed by atoms with Crippen molar-refractivity contribution < 1.29 is 9.47 Å². The van der Waals surface area contributed by atoms with E-state index in [1.807, 2.05) is 6.07 Å². The lowest BCUT2D eigenvalue weighted by atomic mass is 9.92. The molecule has 1 aromatic carbocycles. The van der Waals surface area contributed by atoms with Crippen molar-refractivity contribution in [3.63, 3.8) is 0 Å². The zero-order valence-electron chi connectivity index (χ0n) is 13.0. The van der Waals surface area contributed by atoms with Gasteiger partial charge in [0.1, 0.15) is 13.2 Å². The van der Waals surface area contributed by atoms with Crippen molar-refractivity contribution in [3.8, 4) is 11.5 Å². The van der Waals surface area contributed by atoms with Gasteiger partial charge in [0.2, 0.25) is 0 Å². The van der Waals surface area contributed by atoms with Crippen LogP contribution in [0.1, 0.15) is 32.4 Å². The monoisotopic (exact) mass is 278 g/mol. The Morgan fingerprint density at radius 1 is 1.25 bits per heavy atom. The molecule has 4 heteroatoms. The average molecular weight is 278 g/mol. The van der Waals surface area contributed by atoms with Crippen molar-refractivity contribution >= 4 is 0 Å². The minimum atomic E-state index is 0.122. The molecular weight excluding hydrogens is 252 g/mol. The smallest absolute Gasteiger partial charge is 0.161 e. The molecule has 0 radical (unpaired) electrons. The lowest BCUT2D eigenvalue weighted by Gasteiger charge is -2.33. The van der Waals surface area contributed by atoms with Gasteiger partial charge in [0.05, 0.1) is 0 Å². The van der Waals surface area contributed by atoms with Gasteiger partial charge >= 0.3 is 0 Å². The van der Waals surface area contributed by atoms with Crippen molar-refractivity contribution in [2.45, 2.75) is 26.8 Å². The summed E-state index contributed by atoms with van der Waals surface area (Å²) >= 11 is 0. The fourth-order valence-corrected chi connectivity index (χ4v) is 2.45. The fourth-order valence-electron chi connectivity index (χ4n) is 2.45. The third-order valence-electron chi connectivity index (χ3n) is 3.94. The van der Waals surface area contributed by atoms with Crippen molar-refractivity contribution in [1.29, 1.82) is 0 Å². The van der Waals surface area contributed by atoms with E-state index >= 15 is 0 Å². The van der Waals surface area contributed by atoms with Crippen LogP contribution in [0.3, 0.4) is 0 Å². The van der Waals surface area contributed by atoms with Gasteiger partial charge in [-0.3, -0.25) is 4.90 Å². The summed E-state index contributed by atoms with van der Waals surface area (Å²) in [7, 11) is 2.14. The highest BCUT2D eigenvalue weighted by molar-refractivity contribution is 5.44. The van der Waals surface area contributed by atoms with Gasteiger partial charge in [0.15, 0.2) is 11.5 Å². The molecule has 0 amide bonds. The third kappa shape index (κ3) is 3.44. The zero-order valence-corrected chi connectivity index (χ0v) is 13.0. The average Bonchev–Trinajstić information content (AvgIpc) is 2.45. The summed E-state index contributed by atoms with van der Waals surface area (Å²) in [6.45, 7) is 9.50. The molecule has 0 saturated heterocycles. The van der Waals surface area contributed by atoms with Gasteiger partial charge in [-0.2, -0.15) is 0 Å². The van der Waals surface area contributed by atoms with Crippen LogP contribution in [0.4, 0.5) is 0 Å². The normalized spacial score (nSPS) is 16.3. The van der Waals surface area contributed by atoms with E-state index in [1.165, 1.54) is 5.56 Å². The van der Waals surface area contributed by atoms with E-state index in [9.17, 15) is 0 Å². The SMILES string of the molecule is CC(c1ccc2c(c1)OCCO2)N(C)CC(C)(C)CN. The maximum absolute atomic E-state index is 5.82. The van der Waals surface area contributed by atoms with E-state index in [0.29, 0.717) is 25.8 Å². The van der Waals surface area contributed by atoms with Crippen LogP contribution in [-0.2, 0) is 0 Å².